The molecule has 0 saturated heterocycles. The Hall–Kier alpha value is -1.92. The molecule has 0 saturated carbocycles. The maximum Gasteiger partial charge on any atom is 0.255 e. The van der Waals surface area contributed by atoms with Crippen LogP contribution in [-0.4, -0.2) is 11.8 Å². The summed E-state index contributed by atoms with van der Waals surface area (Å²) in [7, 11) is 0. The molecule has 2 rings (SSSR count). The smallest absolute Gasteiger partial charge is 0.255 e. The maximum absolute atomic E-state index is 13.7. The van der Waals surface area contributed by atoms with Crippen LogP contribution in [0.4, 0.5) is 10.1 Å². The van der Waals surface area contributed by atoms with Gasteiger partial charge in [-0.05, 0) is 36.4 Å². The molecule has 4 nitrogen and oxygen atoms in total. The Kier molecular flexibility index (Phi) is 4.59. The van der Waals surface area contributed by atoms with Gasteiger partial charge in [0.05, 0.1) is 5.69 Å². The Morgan fingerprint density at radius 3 is 2.48 bits per heavy atom. The zero-order valence-corrected chi connectivity index (χ0v) is 12.8. The first-order valence-electron chi connectivity index (χ1n) is 5.73. The number of hydrogen-bond acceptors (Lipinski definition) is 2. The average molecular weight is 372 g/mol. The van der Waals surface area contributed by atoms with E-state index in [4.69, 9.17) is 17.3 Å². The van der Waals surface area contributed by atoms with Crippen LogP contribution in [0.3, 0.4) is 0 Å². The molecule has 0 aliphatic carbocycles. The van der Waals surface area contributed by atoms with Crippen molar-refractivity contribution in [2.24, 2.45) is 5.73 Å². The summed E-state index contributed by atoms with van der Waals surface area (Å²) in [6.07, 6.45) is 0. The molecular formula is C14H9BrClFN2O2. The maximum atomic E-state index is 13.7. The minimum Gasteiger partial charge on any atom is -0.366 e. The molecule has 7 heteroatoms. The number of amides is 2. The quantitative estimate of drug-likeness (QED) is 0.865. The first-order valence-corrected chi connectivity index (χ1v) is 6.90. The van der Waals surface area contributed by atoms with Gasteiger partial charge in [0.1, 0.15) is 5.82 Å². The number of primary amides is 1. The summed E-state index contributed by atoms with van der Waals surface area (Å²) in [6.45, 7) is 0. The number of benzene rings is 2. The molecular weight excluding hydrogens is 363 g/mol. The predicted octanol–water partition coefficient (Wildman–Crippen LogP) is 3.59. The van der Waals surface area contributed by atoms with Crippen LogP contribution in [-0.2, 0) is 0 Å². The fraction of sp³-hybridized carbons (Fsp3) is 0. The van der Waals surface area contributed by atoms with E-state index in [2.05, 4.69) is 21.2 Å². The normalized spacial score (nSPS) is 10.2. The number of nitrogens with two attached hydrogens (primary N) is 1. The Morgan fingerprint density at radius 2 is 1.86 bits per heavy atom. The lowest BCUT2D eigenvalue weighted by atomic mass is 10.1. The Morgan fingerprint density at radius 1 is 1.14 bits per heavy atom. The van der Waals surface area contributed by atoms with Crippen molar-refractivity contribution in [3.8, 4) is 0 Å². The number of carbonyl (C=O) groups excluding carboxylic acids is 2. The van der Waals surface area contributed by atoms with Gasteiger partial charge in [0.25, 0.3) is 5.91 Å². The van der Waals surface area contributed by atoms with Crippen molar-refractivity contribution in [1.82, 2.24) is 0 Å². The van der Waals surface area contributed by atoms with Crippen LogP contribution in [0.5, 0.6) is 0 Å². The van der Waals surface area contributed by atoms with Crippen LogP contribution >= 0.6 is 27.5 Å². The van der Waals surface area contributed by atoms with Gasteiger partial charge < -0.3 is 11.1 Å². The minimum absolute atomic E-state index is 0.0963. The number of anilines is 1. The van der Waals surface area contributed by atoms with Gasteiger partial charge >= 0.3 is 0 Å². The van der Waals surface area contributed by atoms with Crippen molar-refractivity contribution in [3.63, 3.8) is 0 Å². The molecule has 0 aliphatic rings. The van der Waals surface area contributed by atoms with Crippen molar-refractivity contribution in [3.05, 3.63) is 62.8 Å². The molecule has 0 spiro atoms. The molecule has 21 heavy (non-hydrogen) atoms. The van der Waals surface area contributed by atoms with E-state index in [1.807, 2.05) is 0 Å². The van der Waals surface area contributed by atoms with Gasteiger partial charge in [-0.25, -0.2) is 4.39 Å². The van der Waals surface area contributed by atoms with Gasteiger partial charge in [-0.15, -0.1) is 0 Å². The highest BCUT2D eigenvalue weighted by Crippen LogP contribution is 2.22. The van der Waals surface area contributed by atoms with Crippen molar-refractivity contribution >= 4 is 45.0 Å². The molecule has 0 aromatic heterocycles. The Balaban J connectivity index is 2.31. The van der Waals surface area contributed by atoms with Crippen LogP contribution in [0, 0.1) is 5.82 Å². The van der Waals surface area contributed by atoms with E-state index >= 15 is 0 Å². The lowest BCUT2D eigenvalue weighted by Gasteiger charge is -2.08. The van der Waals surface area contributed by atoms with Crippen molar-refractivity contribution < 1.29 is 14.0 Å². The first-order chi connectivity index (χ1) is 9.86. The zero-order chi connectivity index (χ0) is 15.6. The van der Waals surface area contributed by atoms with E-state index in [9.17, 15) is 14.0 Å². The fourth-order valence-corrected chi connectivity index (χ4v) is 2.51. The third kappa shape index (κ3) is 3.80. The predicted molar refractivity (Wildman–Crippen MR) is 82.0 cm³/mol. The number of hydrogen-bond donors (Lipinski definition) is 2. The van der Waals surface area contributed by atoms with Crippen molar-refractivity contribution in [2.75, 3.05) is 5.32 Å². The molecule has 0 bridgehead atoms. The second kappa shape index (κ2) is 6.24. The third-order valence-corrected chi connectivity index (χ3v) is 3.30. The molecule has 2 aromatic carbocycles. The minimum atomic E-state index is -0.712. The number of nitrogens with one attached hydrogen (secondary N) is 1. The van der Waals surface area contributed by atoms with Gasteiger partial charge in [0.2, 0.25) is 5.91 Å². The van der Waals surface area contributed by atoms with Crippen molar-refractivity contribution in [1.29, 1.82) is 0 Å². The van der Waals surface area contributed by atoms with Crippen LogP contribution in [0.2, 0.25) is 5.02 Å². The summed E-state index contributed by atoms with van der Waals surface area (Å²) < 4.78 is 14.3. The van der Waals surface area contributed by atoms with Gasteiger partial charge in [-0.2, -0.15) is 0 Å². The zero-order valence-electron chi connectivity index (χ0n) is 10.5. The molecule has 0 unspecified atom stereocenters. The molecule has 3 N–H and O–H groups in total. The SMILES string of the molecule is NC(=O)c1ccc(F)c(NC(=O)c2cc(Cl)cc(Br)c2)c1. The Bertz CT molecular complexity index is 717. The van der Waals surface area contributed by atoms with E-state index in [1.54, 1.807) is 6.07 Å². The number of carbonyl (C=O) groups is 2. The van der Waals surface area contributed by atoms with Gasteiger partial charge in [0.15, 0.2) is 0 Å². The van der Waals surface area contributed by atoms with E-state index in [-0.39, 0.29) is 16.8 Å². The first kappa shape index (κ1) is 15.5. The van der Waals surface area contributed by atoms with Crippen LogP contribution in [0.15, 0.2) is 40.9 Å². The highest BCUT2D eigenvalue weighted by Gasteiger charge is 2.12. The number of halogens is 3. The summed E-state index contributed by atoms with van der Waals surface area (Å²) >= 11 is 9.06. The van der Waals surface area contributed by atoms with Crippen LogP contribution < -0.4 is 11.1 Å². The van der Waals surface area contributed by atoms with Crippen LogP contribution in [0.1, 0.15) is 20.7 Å². The highest BCUT2D eigenvalue weighted by molar-refractivity contribution is 9.10. The van der Waals surface area contributed by atoms with Gasteiger partial charge in [-0.1, -0.05) is 27.5 Å². The molecule has 108 valence electrons. The molecule has 2 aromatic rings. The van der Waals surface area contributed by atoms with Gasteiger partial charge in [-0.3, -0.25) is 9.59 Å². The third-order valence-electron chi connectivity index (χ3n) is 2.62. The Labute approximate surface area is 133 Å². The van der Waals surface area contributed by atoms with Crippen molar-refractivity contribution in [2.45, 2.75) is 0 Å². The molecule has 2 amide bonds. The topological polar surface area (TPSA) is 72.2 Å². The summed E-state index contributed by atoms with van der Waals surface area (Å²) in [5, 5.41) is 2.74. The molecule has 0 fully saturated rings. The summed E-state index contributed by atoms with van der Waals surface area (Å²) in [5.41, 5.74) is 5.33. The average Bonchev–Trinajstić information content (AvgIpc) is 2.39. The highest BCUT2D eigenvalue weighted by atomic mass is 79.9. The molecule has 0 heterocycles. The second-order valence-electron chi connectivity index (χ2n) is 4.17. The second-order valence-corrected chi connectivity index (χ2v) is 5.52. The van der Waals surface area contributed by atoms with E-state index in [0.29, 0.717) is 9.50 Å². The standard InChI is InChI=1S/C14H9BrClFN2O2/c15-9-3-8(4-10(16)6-9)14(21)19-12-5-7(13(18)20)1-2-11(12)17/h1-6H,(H2,18,20)(H,19,21). The molecule has 0 radical (unpaired) electrons. The number of rotatable bonds is 3. The van der Waals surface area contributed by atoms with E-state index < -0.39 is 17.6 Å². The largest absolute Gasteiger partial charge is 0.366 e. The summed E-state index contributed by atoms with van der Waals surface area (Å²) in [5.74, 6) is -1.94. The van der Waals surface area contributed by atoms with Crippen LogP contribution in [0.25, 0.3) is 0 Å². The van der Waals surface area contributed by atoms with Gasteiger partial charge in [0, 0.05) is 20.6 Å². The lowest BCUT2D eigenvalue weighted by molar-refractivity contribution is 0.0996. The molecule has 0 atom stereocenters. The monoisotopic (exact) mass is 370 g/mol. The summed E-state index contributed by atoms with van der Waals surface area (Å²) in [4.78, 5) is 23.2. The van der Waals surface area contributed by atoms with E-state index in [1.165, 1.54) is 24.3 Å². The summed E-state index contributed by atoms with van der Waals surface area (Å²) in [6, 6.07) is 8.07. The lowest BCUT2D eigenvalue weighted by Crippen LogP contribution is -2.15. The molecule has 0 aliphatic heterocycles. The fourth-order valence-electron chi connectivity index (χ4n) is 1.65. The van der Waals surface area contributed by atoms with E-state index in [0.717, 1.165) is 6.07 Å².